The van der Waals surface area contributed by atoms with Crippen LogP contribution in [-0.2, 0) is 11.2 Å². The van der Waals surface area contributed by atoms with Gasteiger partial charge in [-0.2, -0.15) is 5.26 Å². The largest absolute Gasteiger partial charge is 0.484 e. The number of nitrogens with one attached hydrogen (secondary N) is 1. The van der Waals surface area contributed by atoms with E-state index in [2.05, 4.69) is 10.5 Å². The molecule has 20 heavy (non-hydrogen) atoms. The smallest absolute Gasteiger partial charge is 0.258 e. The van der Waals surface area contributed by atoms with Crippen LogP contribution in [0.5, 0.6) is 5.75 Å². The third-order valence-corrected chi connectivity index (χ3v) is 3.11. The minimum atomic E-state index is -0.347. The summed E-state index contributed by atoms with van der Waals surface area (Å²) in [4.78, 5) is 11.3. The molecule has 0 saturated carbocycles. The monoisotopic (exact) mass is 273 g/mol. The van der Waals surface area contributed by atoms with Crippen molar-refractivity contribution < 1.29 is 14.7 Å². The Bertz CT molecular complexity index is 576. The Morgan fingerprint density at radius 2 is 2.35 bits per heavy atom. The van der Waals surface area contributed by atoms with Crippen LogP contribution in [0.15, 0.2) is 23.4 Å². The normalized spacial score (nSPS) is 15.2. The highest BCUT2D eigenvalue weighted by Crippen LogP contribution is 2.25. The van der Waals surface area contributed by atoms with E-state index in [1.54, 1.807) is 12.1 Å². The fourth-order valence-corrected chi connectivity index (χ4v) is 2.15. The zero-order valence-electron chi connectivity index (χ0n) is 10.9. The second-order valence-electron chi connectivity index (χ2n) is 4.44. The lowest BCUT2D eigenvalue weighted by atomic mass is 9.90. The Morgan fingerprint density at radius 3 is 3.10 bits per heavy atom. The molecule has 0 saturated heterocycles. The van der Waals surface area contributed by atoms with Crippen molar-refractivity contribution in [2.75, 3.05) is 13.2 Å². The summed E-state index contributed by atoms with van der Waals surface area (Å²) in [5.74, 6) is 0.194. The van der Waals surface area contributed by atoms with Crippen LogP contribution >= 0.6 is 0 Å². The Morgan fingerprint density at radius 1 is 1.50 bits per heavy atom. The number of ether oxygens (including phenoxy) is 1. The van der Waals surface area contributed by atoms with Gasteiger partial charge in [0.05, 0.1) is 11.8 Å². The number of fused-ring (bicyclic) bond motifs is 1. The molecule has 1 amide bonds. The summed E-state index contributed by atoms with van der Waals surface area (Å²) in [6, 6.07) is 7.31. The van der Waals surface area contributed by atoms with Crippen LogP contribution in [0.25, 0.3) is 0 Å². The van der Waals surface area contributed by atoms with E-state index in [1.165, 1.54) is 0 Å². The van der Waals surface area contributed by atoms with Crippen LogP contribution in [0.1, 0.15) is 24.0 Å². The van der Waals surface area contributed by atoms with Gasteiger partial charge in [0.15, 0.2) is 6.61 Å². The molecule has 0 aromatic heterocycles. The molecule has 1 aliphatic carbocycles. The number of carbonyl (C=O) groups is 1. The zero-order chi connectivity index (χ0) is 14.4. The zero-order valence-corrected chi connectivity index (χ0v) is 10.9. The van der Waals surface area contributed by atoms with Gasteiger partial charge in [0.2, 0.25) is 0 Å². The third-order valence-electron chi connectivity index (χ3n) is 3.11. The van der Waals surface area contributed by atoms with Crippen molar-refractivity contribution in [1.29, 1.82) is 5.26 Å². The summed E-state index contributed by atoms with van der Waals surface area (Å²) >= 11 is 0. The molecule has 0 aliphatic heterocycles. The number of oxime groups is 1. The summed E-state index contributed by atoms with van der Waals surface area (Å²) in [5, 5.41) is 23.1. The highest BCUT2D eigenvalue weighted by molar-refractivity contribution is 6.02. The van der Waals surface area contributed by atoms with Gasteiger partial charge in [-0.3, -0.25) is 4.79 Å². The second kappa shape index (κ2) is 6.57. The maximum atomic E-state index is 11.3. The van der Waals surface area contributed by atoms with Gasteiger partial charge in [-0.25, -0.2) is 0 Å². The van der Waals surface area contributed by atoms with Crippen LogP contribution < -0.4 is 10.1 Å². The van der Waals surface area contributed by atoms with Crippen molar-refractivity contribution in [1.82, 2.24) is 5.32 Å². The maximum Gasteiger partial charge on any atom is 0.258 e. The number of rotatable bonds is 4. The van der Waals surface area contributed by atoms with Gasteiger partial charge >= 0.3 is 0 Å². The molecule has 2 N–H and O–H groups in total. The molecule has 0 spiro atoms. The molecule has 0 heterocycles. The summed E-state index contributed by atoms with van der Waals surface area (Å²) < 4.78 is 5.37. The predicted octanol–water partition coefficient (Wildman–Crippen LogP) is 1.22. The molecule has 0 atom stereocenters. The first kappa shape index (κ1) is 13.9. The number of amides is 1. The molecule has 1 aliphatic rings. The van der Waals surface area contributed by atoms with Crippen LogP contribution in [0.4, 0.5) is 0 Å². The minimum Gasteiger partial charge on any atom is -0.484 e. The van der Waals surface area contributed by atoms with Gasteiger partial charge in [-0.1, -0.05) is 11.2 Å². The minimum absolute atomic E-state index is 0.0340. The number of carbonyl (C=O) groups excluding carboxylic acids is 1. The SMILES string of the molecule is N#CCNC(=O)COc1ccc2c(c1)/C(=N\O)CCC2. The number of aryl methyl sites for hydroxylation is 1. The molecule has 6 nitrogen and oxygen atoms in total. The second-order valence-corrected chi connectivity index (χ2v) is 4.44. The lowest BCUT2D eigenvalue weighted by Crippen LogP contribution is -2.29. The number of hydrogen-bond donors (Lipinski definition) is 2. The van der Waals surface area contributed by atoms with Gasteiger partial charge in [0.1, 0.15) is 12.3 Å². The Hall–Kier alpha value is -2.55. The molecule has 0 unspecified atom stereocenters. The Kier molecular flexibility index (Phi) is 4.56. The van der Waals surface area contributed by atoms with Crippen molar-refractivity contribution in [3.8, 4) is 11.8 Å². The van der Waals surface area contributed by atoms with E-state index >= 15 is 0 Å². The average Bonchev–Trinajstić information content (AvgIpc) is 2.50. The van der Waals surface area contributed by atoms with Gasteiger partial charge in [0, 0.05) is 5.56 Å². The summed E-state index contributed by atoms with van der Waals surface area (Å²) in [6.07, 6.45) is 2.63. The number of benzene rings is 1. The van der Waals surface area contributed by atoms with E-state index in [9.17, 15) is 4.79 Å². The Labute approximate surface area is 116 Å². The average molecular weight is 273 g/mol. The highest BCUT2D eigenvalue weighted by atomic mass is 16.5. The van der Waals surface area contributed by atoms with Crippen molar-refractivity contribution in [3.05, 3.63) is 29.3 Å². The first-order valence-corrected chi connectivity index (χ1v) is 6.35. The molecule has 6 heteroatoms. The molecule has 0 radical (unpaired) electrons. The number of nitriles is 1. The first-order valence-electron chi connectivity index (χ1n) is 6.35. The molecule has 104 valence electrons. The predicted molar refractivity (Wildman–Crippen MR) is 71.8 cm³/mol. The molecule has 1 aromatic carbocycles. The lowest BCUT2D eigenvalue weighted by molar-refractivity contribution is -0.122. The topological polar surface area (TPSA) is 94.7 Å². The maximum absolute atomic E-state index is 11.3. The van der Waals surface area contributed by atoms with Crippen molar-refractivity contribution in [3.63, 3.8) is 0 Å². The van der Waals surface area contributed by atoms with Crippen LogP contribution in [0.2, 0.25) is 0 Å². The van der Waals surface area contributed by atoms with E-state index in [1.807, 2.05) is 12.1 Å². The highest BCUT2D eigenvalue weighted by Gasteiger charge is 2.17. The summed E-state index contributed by atoms with van der Waals surface area (Å²) in [6.45, 7) is -0.181. The lowest BCUT2D eigenvalue weighted by Gasteiger charge is -2.17. The molecule has 0 bridgehead atoms. The fraction of sp³-hybridized carbons (Fsp3) is 0.357. The van der Waals surface area contributed by atoms with Crippen molar-refractivity contribution >= 4 is 11.6 Å². The van der Waals surface area contributed by atoms with Crippen molar-refractivity contribution in [2.45, 2.75) is 19.3 Å². The van der Waals surface area contributed by atoms with E-state index in [-0.39, 0.29) is 19.1 Å². The fourth-order valence-electron chi connectivity index (χ4n) is 2.15. The van der Waals surface area contributed by atoms with Gasteiger partial charge in [-0.15, -0.1) is 0 Å². The van der Waals surface area contributed by atoms with Crippen LogP contribution in [0.3, 0.4) is 0 Å². The summed E-state index contributed by atoms with van der Waals surface area (Å²) in [7, 11) is 0. The number of nitrogens with zero attached hydrogens (tertiary/aromatic N) is 2. The van der Waals surface area contributed by atoms with E-state index in [4.69, 9.17) is 15.2 Å². The standard InChI is InChI=1S/C14H15N3O3/c15-6-7-16-14(18)9-20-11-5-4-10-2-1-3-13(17-19)12(10)8-11/h4-5,8,19H,1-3,7,9H2,(H,16,18)/b17-13-. The Balaban J connectivity index is 2.04. The van der Waals surface area contributed by atoms with E-state index < -0.39 is 0 Å². The first-order chi connectivity index (χ1) is 9.74. The molecule has 1 aromatic rings. The summed E-state index contributed by atoms with van der Waals surface area (Å²) in [5.41, 5.74) is 2.63. The van der Waals surface area contributed by atoms with Crippen molar-refractivity contribution in [2.24, 2.45) is 5.16 Å². The molecule has 2 rings (SSSR count). The third kappa shape index (κ3) is 3.26. The van der Waals surface area contributed by atoms with Gasteiger partial charge < -0.3 is 15.3 Å². The molecular formula is C14H15N3O3. The van der Waals surface area contributed by atoms with E-state index in [0.29, 0.717) is 11.5 Å². The molecular weight excluding hydrogens is 258 g/mol. The van der Waals surface area contributed by atoms with Gasteiger partial charge in [0.25, 0.3) is 5.91 Å². The number of hydrogen-bond acceptors (Lipinski definition) is 5. The van der Waals surface area contributed by atoms with Crippen LogP contribution in [0, 0.1) is 11.3 Å². The molecule has 0 fully saturated rings. The van der Waals surface area contributed by atoms with E-state index in [0.717, 1.165) is 30.4 Å². The van der Waals surface area contributed by atoms with Gasteiger partial charge in [-0.05, 0) is 37.0 Å². The van der Waals surface area contributed by atoms with Crippen LogP contribution in [-0.4, -0.2) is 30.0 Å². The quantitative estimate of drug-likeness (QED) is 0.490.